The number of oxazole rings is 1. The molecule has 0 unspecified atom stereocenters. The molecule has 1 aliphatic carbocycles. The van der Waals surface area contributed by atoms with Gasteiger partial charge in [0.15, 0.2) is 11.6 Å². The minimum Gasteiger partial charge on any atom is -0.417 e. The Hall–Kier alpha value is -3.69. The van der Waals surface area contributed by atoms with Crippen LogP contribution in [0.2, 0.25) is 0 Å². The van der Waals surface area contributed by atoms with Crippen LogP contribution in [0.15, 0.2) is 41.3 Å². The molecule has 2 N–H and O–H groups in total. The average molecular weight is 444 g/mol. The number of nitrogen functional groups attached to an aromatic ring is 1. The second-order valence-corrected chi connectivity index (χ2v) is 7.19. The van der Waals surface area contributed by atoms with Gasteiger partial charge in [-0.25, -0.2) is 18.6 Å². The molecular weight excluding hydrogens is 422 g/mol. The monoisotopic (exact) mass is 444 g/mol. The van der Waals surface area contributed by atoms with E-state index in [9.17, 15) is 9.18 Å². The minimum absolute atomic E-state index is 0.0622. The fraction of sp³-hybridized carbons (Fsp3) is 0.318. The summed E-state index contributed by atoms with van der Waals surface area (Å²) in [5, 5.41) is 0. The summed E-state index contributed by atoms with van der Waals surface area (Å²) in [6, 6.07) is 4.04. The van der Waals surface area contributed by atoms with Crippen LogP contribution in [-0.4, -0.2) is 21.0 Å². The van der Waals surface area contributed by atoms with E-state index >= 15 is 4.39 Å². The van der Waals surface area contributed by atoms with E-state index in [2.05, 4.69) is 9.97 Å². The highest BCUT2D eigenvalue weighted by atomic mass is 19.1. The highest BCUT2D eigenvalue weighted by Crippen LogP contribution is 2.54. The predicted molar refractivity (Wildman–Crippen MR) is 110 cm³/mol. The second kappa shape index (κ2) is 8.45. The number of ether oxygens (including phenoxy) is 2. The van der Waals surface area contributed by atoms with Gasteiger partial charge in [-0.05, 0) is 25.3 Å². The zero-order chi connectivity index (χ0) is 22.9. The van der Waals surface area contributed by atoms with Crippen LogP contribution in [0, 0.1) is 11.6 Å². The minimum atomic E-state index is -0.930. The lowest BCUT2D eigenvalue weighted by molar-refractivity contribution is -0.00182. The largest absolute Gasteiger partial charge is 0.417 e. The molecule has 1 fully saturated rings. The van der Waals surface area contributed by atoms with Crippen LogP contribution in [0.1, 0.15) is 44.2 Å². The fourth-order valence-corrected chi connectivity index (χ4v) is 4.01. The quantitative estimate of drug-likeness (QED) is 0.594. The first-order valence-electron chi connectivity index (χ1n) is 10.3. The van der Waals surface area contributed by atoms with Crippen LogP contribution in [0.5, 0.6) is 17.6 Å². The van der Waals surface area contributed by atoms with Crippen molar-refractivity contribution in [1.82, 2.24) is 14.9 Å². The maximum atomic E-state index is 15.2. The lowest BCUT2D eigenvalue weighted by Crippen LogP contribution is -2.57. The van der Waals surface area contributed by atoms with Crippen LogP contribution in [0.25, 0.3) is 0 Å². The normalized spacial score (nSPS) is 15.9. The molecule has 2 aliphatic rings. The van der Waals surface area contributed by atoms with Gasteiger partial charge in [-0.2, -0.15) is 4.98 Å². The third-order valence-electron chi connectivity index (χ3n) is 5.55. The number of benzene rings is 1. The summed E-state index contributed by atoms with van der Waals surface area (Å²) < 4.78 is 45.4. The van der Waals surface area contributed by atoms with Gasteiger partial charge in [0.05, 0.1) is 23.8 Å². The molecule has 0 saturated heterocycles. The van der Waals surface area contributed by atoms with Crippen molar-refractivity contribution < 1.29 is 27.5 Å². The van der Waals surface area contributed by atoms with E-state index in [0.717, 1.165) is 6.42 Å². The number of hydrogen-bond donors (Lipinski definition) is 1. The summed E-state index contributed by atoms with van der Waals surface area (Å²) in [4.78, 5) is 21.7. The Morgan fingerprint density at radius 2 is 2.00 bits per heavy atom. The van der Waals surface area contributed by atoms with E-state index in [1.54, 1.807) is 0 Å². The lowest BCUT2D eigenvalue weighted by Gasteiger charge is -2.52. The Labute approximate surface area is 183 Å². The van der Waals surface area contributed by atoms with Gasteiger partial charge in [0.2, 0.25) is 0 Å². The van der Waals surface area contributed by atoms with Crippen molar-refractivity contribution in [3.8, 4) is 17.6 Å². The number of carbonyl (C=O) groups excluding carboxylic acids is 1. The van der Waals surface area contributed by atoms with Gasteiger partial charge in [-0.3, -0.25) is 4.90 Å². The number of fused-ring (bicyclic) bond motifs is 2. The van der Waals surface area contributed by atoms with Gasteiger partial charge in [-0.15, -0.1) is 0 Å². The van der Waals surface area contributed by atoms with Crippen molar-refractivity contribution >= 4 is 11.9 Å². The Bertz CT molecular complexity index is 1130. The number of nitrogens with two attached hydrogens (primary N) is 1. The number of hydrogen-bond acceptors (Lipinski definition) is 7. The molecule has 168 valence electrons. The first kappa shape index (κ1) is 21.5. The number of amides is 1. The highest BCUT2D eigenvalue weighted by molar-refractivity contribution is 5.76. The van der Waals surface area contributed by atoms with E-state index in [1.165, 1.54) is 41.8 Å². The van der Waals surface area contributed by atoms with Gasteiger partial charge in [0.25, 0.3) is 0 Å². The van der Waals surface area contributed by atoms with E-state index in [0.29, 0.717) is 12.8 Å². The summed E-state index contributed by atoms with van der Waals surface area (Å²) in [5.41, 5.74) is 5.03. The fourth-order valence-electron chi connectivity index (χ4n) is 4.01. The molecule has 1 saturated carbocycles. The molecule has 8 nitrogen and oxygen atoms in total. The van der Waals surface area contributed by atoms with E-state index in [4.69, 9.17) is 19.6 Å². The third-order valence-corrected chi connectivity index (χ3v) is 5.55. The van der Waals surface area contributed by atoms with Crippen LogP contribution >= 0.6 is 0 Å². The van der Waals surface area contributed by atoms with Crippen molar-refractivity contribution in [2.24, 2.45) is 0 Å². The molecule has 0 radical (unpaired) electrons. The van der Waals surface area contributed by atoms with E-state index < -0.39 is 23.3 Å². The zero-order valence-corrected chi connectivity index (χ0v) is 17.6. The van der Waals surface area contributed by atoms with Crippen molar-refractivity contribution in [3.63, 3.8) is 0 Å². The molecule has 3 heterocycles. The maximum Gasteiger partial charge on any atom is 0.416 e. The topological polar surface area (TPSA) is 104 Å². The Kier molecular flexibility index (Phi) is 5.68. The zero-order valence-electron chi connectivity index (χ0n) is 17.6. The molecule has 32 heavy (non-hydrogen) atoms. The molecule has 1 aromatic carbocycles. The van der Waals surface area contributed by atoms with Crippen molar-refractivity contribution in [1.29, 1.82) is 0 Å². The standard InChI is InChI=1S/C20H16F2N4O4.C2H6/c21-13-8-12(29-18-25-6-7-28-18)9-14-15(13)20(3-1-4-20)26(19(27)30-14)10-11-2-5-24-17(23)16(11)22;1-2/h2,5-9H,1,3-4,10H2,(H2,23,24);1-2H3. The summed E-state index contributed by atoms with van der Waals surface area (Å²) >= 11 is 0. The molecule has 0 bridgehead atoms. The molecule has 3 aromatic rings. The molecular formula is C22H22F2N4O4. The first-order valence-corrected chi connectivity index (χ1v) is 10.3. The molecule has 1 aliphatic heterocycles. The van der Waals surface area contributed by atoms with Crippen molar-refractivity contribution in [2.75, 3.05) is 5.73 Å². The van der Waals surface area contributed by atoms with Crippen LogP contribution in [-0.2, 0) is 12.1 Å². The first-order chi connectivity index (χ1) is 15.5. The summed E-state index contributed by atoms with van der Waals surface area (Å²) in [6.07, 6.45) is 5.12. The van der Waals surface area contributed by atoms with Gasteiger partial charge < -0.3 is 19.6 Å². The molecule has 2 aromatic heterocycles. The summed E-state index contributed by atoms with van der Waals surface area (Å²) in [7, 11) is 0. The van der Waals surface area contributed by atoms with Crippen molar-refractivity contribution in [3.05, 3.63) is 59.6 Å². The number of carbonyl (C=O) groups is 1. The van der Waals surface area contributed by atoms with E-state index in [-0.39, 0.29) is 41.1 Å². The van der Waals surface area contributed by atoms with Gasteiger partial charge in [-0.1, -0.05) is 13.8 Å². The predicted octanol–water partition coefficient (Wildman–Crippen LogP) is 5.14. The molecule has 5 rings (SSSR count). The number of halogens is 2. The third kappa shape index (κ3) is 3.51. The average Bonchev–Trinajstić information content (AvgIpc) is 3.25. The summed E-state index contributed by atoms with van der Waals surface area (Å²) in [6.45, 7) is 3.88. The summed E-state index contributed by atoms with van der Waals surface area (Å²) in [5.74, 6) is -1.42. The number of pyridine rings is 1. The smallest absolute Gasteiger partial charge is 0.416 e. The number of aromatic nitrogens is 2. The maximum absolute atomic E-state index is 15.2. The molecule has 1 amide bonds. The second-order valence-electron chi connectivity index (χ2n) is 7.19. The Morgan fingerprint density at radius 3 is 2.66 bits per heavy atom. The Balaban J connectivity index is 0.00000119. The van der Waals surface area contributed by atoms with E-state index in [1.807, 2.05) is 13.8 Å². The molecule has 1 spiro atoms. The van der Waals surface area contributed by atoms with Gasteiger partial charge in [0.1, 0.15) is 23.6 Å². The number of rotatable bonds is 4. The van der Waals surface area contributed by atoms with Gasteiger partial charge >= 0.3 is 12.2 Å². The number of anilines is 1. The number of nitrogens with zero attached hydrogens (tertiary/aromatic N) is 3. The van der Waals surface area contributed by atoms with Crippen LogP contribution in [0.4, 0.5) is 19.4 Å². The highest BCUT2D eigenvalue weighted by Gasteiger charge is 2.53. The van der Waals surface area contributed by atoms with Crippen LogP contribution in [0.3, 0.4) is 0 Å². The van der Waals surface area contributed by atoms with Crippen molar-refractivity contribution in [2.45, 2.75) is 45.2 Å². The SMILES string of the molecule is CC.Nc1nccc(CN2C(=O)Oc3cc(Oc4ncco4)cc(F)c3C23CCC3)c1F. The Morgan fingerprint density at radius 1 is 1.22 bits per heavy atom. The van der Waals surface area contributed by atoms with Gasteiger partial charge in [0, 0.05) is 23.9 Å². The van der Waals surface area contributed by atoms with Crippen LogP contribution < -0.4 is 15.2 Å². The molecule has 10 heteroatoms. The molecule has 0 atom stereocenters. The lowest BCUT2D eigenvalue weighted by atomic mass is 9.69.